The Hall–Kier alpha value is -2.97. The summed E-state index contributed by atoms with van der Waals surface area (Å²) in [7, 11) is 0. The van der Waals surface area contributed by atoms with Crippen LogP contribution in [0.3, 0.4) is 0 Å². The highest BCUT2D eigenvalue weighted by Crippen LogP contribution is 2.20. The van der Waals surface area contributed by atoms with E-state index in [0.717, 1.165) is 27.3 Å². The summed E-state index contributed by atoms with van der Waals surface area (Å²) in [6.07, 6.45) is 0. The van der Waals surface area contributed by atoms with E-state index in [-0.39, 0.29) is 6.04 Å². The van der Waals surface area contributed by atoms with Gasteiger partial charge in [-0.2, -0.15) is 10.4 Å². The number of nitriles is 1. The predicted molar refractivity (Wildman–Crippen MR) is 107 cm³/mol. The fraction of sp³-hybridized carbons (Fsp3) is 0.190. The summed E-state index contributed by atoms with van der Waals surface area (Å²) in [6, 6.07) is 20.0. The van der Waals surface area contributed by atoms with Gasteiger partial charge in [0, 0.05) is 17.0 Å². The molecule has 5 heteroatoms. The molecule has 0 fully saturated rings. The number of benzene rings is 2. The van der Waals surface area contributed by atoms with Crippen molar-refractivity contribution in [2.45, 2.75) is 26.8 Å². The standard InChI is InChI=1S/C21H20N4S/c1-15(2)23-21-25(20(14-26-21)19-7-5-4-6-8-19)24-16(3)18-11-9-17(13-22)10-12-18/h4-12,14-15H,1-3H3. The third-order valence-electron chi connectivity index (χ3n) is 3.81. The molecule has 26 heavy (non-hydrogen) atoms. The molecule has 2 aromatic carbocycles. The van der Waals surface area contributed by atoms with Crippen molar-refractivity contribution in [3.05, 3.63) is 75.9 Å². The Morgan fingerprint density at radius 1 is 1.08 bits per heavy atom. The smallest absolute Gasteiger partial charge is 0.206 e. The van der Waals surface area contributed by atoms with E-state index in [1.54, 1.807) is 11.3 Å². The molecule has 1 aromatic heterocycles. The van der Waals surface area contributed by atoms with Crippen molar-refractivity contribution in [1.29, 1.82) is 5.26 Å². The molecule has 1 heterocycles. The number of hydrogen-bond acceptors (Lipinski definition) is 4. The number of hydrogen-bond donors (Lipinski definition) is 0. The molecule has 3 rings (SSSR count). The lowest BCUT2D eigenvalue weighted by atomic mass is 10.1. The molecule has 0 amide bonds. The first-order valence-electron chi connectivity index (χ1n) is 8.44. The van der Waals surface area contributed by atoms with Gasteiger partial charge in [0.1, 0.15) is 0 Å². The van der Waals surface area contributed by atoms with Gasteiger partial charge in [0.2, 0.25) is 4.80 Å². The Morgan fingerprint density at radius 2 is 1.77 bits per heavy atom. The van der Waals surface area contributed by atoms with Gasteiger partial charge in [-0.05, 0) is 38.5 Å². The second kappa shape index (κ2) is 7.94. The first-order valence-corrected chi connectivity index (χ1v) is 9.32. The quantitative estimate of drug-likeness (QED) is 0.624. The van der Waals surface area contributed by atoms with E-state index in [1.165, 1.54) is 0 Å². The van der Waals surface area contributed by atoms with Crippen LogP contribution in [-0.2, 0) is 0 Å². The fourth-order valence-corrected chi connectivity index (χ4v) is 3.47. The molecule has 0 saturated carbocycles. The molecule has 0 bridgehead atoms. The summed E-state index contributed by atoms with van der Waals surface area (Å²) in [5.41, 5.74) is 4.62. The SMILES string of the molecule is CC(=Nn1c(-c2ccccc2)csc1=NC(C)C)c1ccc(C#N)cc1. The lowest BCUT2D eigenvalue weighted by Gasteiger charge is -2.07. The van der Waals surface area contributed by atoms with Crippen LogP contribution >= 0.6 is 11.3 Å². The van der Waals surface area contributed by atoms with Crippen LogP contribution in [0.25, 0.3) is 11.3 Å². The van der Waals surface area contributed by atoms with E-state index < -0.39 is 0 Å². The van der Waals surface area contributed by atoms with E-state index in [9.17, 15) is 0 Å². The normalized spacial score (nSPS) is 12.4. The molecule has 0 aliphatic carbocycles. The average Bonchev–Trinajstić information content (AvgIpc) is 3.04. The first kappa shape index (κ1) is 17.8. The molecular weight excluding hydrogens is 340 g/mol. The van der Waals surface area contributed by atoms with Crippen LogP contribution < -0.4 is 4.80 Å². The highest BCUT2D eigenvalue weighted by molar-refractivity contribution is 7.07. The highest BCUT2D eigenvalue weighted by Gasteiger charge is 2.09. The van der Waals surface area contributed by atoms with Crippen LogP contribution in [0.4, 0.5) is 0 Å². The number of thiazole rings is 1. The van der Waals surface area contributed by atoms with Crippen LogP contribution in [0.5, 0.6) is 0 Å². The van der Waals surface area contributed by atoms with Crippen molar-refractivity contribution in [1.82, 2.24) is 4.68 Å². The zero-order valence-corrected chi connectivity index (χ0v) is 15.9. The Bertz CT molecular complexity index is 1020. The van der Waals surface area contributed by atoms with Crippen LogP contribution in [-0.4, -0.2) is 16.4 Å². The Balaban J connectivity index is 2.12. The van der Waals surface area contributed by atoms with E-state index in [2.05, 4.69) is 37.4 Å². The second-order valence-corrected chi connectivity index (χ2v) is 7.02. The minimum absolute atomic E-state index is 0.189. The maximum absolute atomic E-state index is 8.96. The van der Waals surface area contributed by atoms with Crippen LogP contribution in [0.1, 0.15) is 31.9 Å². The zero-order chi connectivity index (χ0) is 18.5. The molecule has 0 aliphatic heterocycles. The van der Waals surface area contributed by atoms with Crippen molar-refractivity contribution in [3.63, 3.8) is 0 Å². The molecular formula is C21H20N4S. The lowest BCUT2D eigenvalue weighted by Crippen LogP contribution is -2.16. The van der Waals surface area contributed by atoms with Gasteiger partial charge in [0.05, 0.1) is 23.0 Å². The van der Waals surface area contributed by atoms with Gasteiger partial charge in [-0.1, -0.05) is 42.5 Å². The van der Waals surface area contributed by atoms with Crippen molar-refractivity contribution < 1.29 is 0 Å². The average molecular weight is 360 g/mol. The van der Waals surface area contributed by atoms with E-state index in [1.807, 2.05) is 54.1 Å². The van der Waals surface area contributed by atoms with Crippen LogP contribution in [0.2, 0.25) is 0 Å². The van der Waals surface area contributed by atoms with E-state index in [4.69, 9.17) is 15.4 Å². The minimum atomic E-state index is 0.189. The molecule has 0 unspecified atom stereocenters. The Morgan fingerprint density at radius 3 is 2.38 bits per heavy atom. The third-order valence-corrected chi connectivity index (χ3v) is 4.64. The second-order valence-electron chi connectivity index (χ2n) is 6.18. The number of aromatic nitrogens is 1. The molecule has 3 aromatic rings. The summed E-state index contributed by atoms with van der Waals surface area (Å²) in [6.45, 7) is 6.09. The summed E-state index contributed by atoms with van der Waals surface area (Å²) in [4.78, 5) is 5.58. The molecule has 0 radical (unpaired) electrons. The fourth-order valence-electron chi connectivity index (χ4n) is 2.51. The number of nitrogens with zero attached hydrogens (tertiary/aromatic N) is 4. The maximum Gasteiger partial charge on any atom is 0.206 e. The van der Waals surface area contributed by atoms with Crippen molar-refractivity contribution >= 4 is 17.0 Å². The van der Waals surface area contributed by atoms with Crippen molar-refractivity contribution in [3.8, 4) is 17.3 Å². The predicted octanol–water partition coefficient (Wildman–Crippen LogP) is 4.67. The molecule has 0 N–H and O–H groups in total. The van der Waals surface area contributed by atoms with E-state index in [0.29, 0.717) is 5.56 Å². The third kappa shape index (κ3) is 3.98. The Labute approximate surface area is 157 Å². The molecule has 0 atom stereocenters. The minimum Gasteiger partial charge on any atom is -0.255 e. The van der Waals surface area contributed by atoms with Gasteiger partial charge in [-0.3, -0.25) is 4.99 Å². The van der Waals surface area contributed by atoms with Gasteiger partial charge < -0.3 is 0 Å². The van der Waals surface area contributed by atoms with Gasteiger partial charge in [0.25, 0.3) is 0 Å². The molecule has 0 aliphatic rings. The summed E-state index contributed by atoms with van der Waals surface area (Å²) < 4.78 is 1.91. The first-order chi connectivity index (χ1) is 12.6. The van der Waals surface area contributed by atoms with Gasteiger partial charge in [-0.15, -0.1) is 11.3 Å². The zero-order valence-electron chi connectivity index (χ0n) is 15.0. The molecule has 0 saturated heterocycles. The van der Waals surface area contributed by atoms with Gasteiger partial charge in [0.15, 0.2) is 0 Å². The highest BCUT2D eigenvalue weighted by atomic mass is 32.1. The van der Waals surface area contributed by atoms with Crippen molar-refractivity contribution in [2.24, 2.45) is 10.1 Å². The molecule has 130 valence electrons. The van der Waals surface area contributed by atoms with Gasteiger partial charge >= 0.3 is 0 Å². The summed E-state index contributed by atoms with van der Waals surface area (Å²) in [5, 5.41) is 15.9. The van der Waals surface area contributed by atoms with Crippen LogP contribution in [0.15, 0.2) is 70.1 Å². The van der Waals surface area contributed by atoms with Crippen molar-refractivity contribution in [2.75, 3.05) is 0 Å². The summed E-state index contributed by atoms with van der Waals surface area (Å²) >= 11 is 1.59. The van der Waals surface area contributed by atoms with Crippen LogP contribution in [0, 0.1) is 11.3 Å². The topological polar surface area (TPSA) is 53.4 Å². The largest absolute Gasteiger partial charge is 0.255 e. The monoisotopic (exact) mass is 360 g/mol. The number of rotatable bonds is 4. The maximum atomic E-state index is 8.96. The lowest BCUT2D eigenvalue weighted by molar-refractivity contribution is 0.753. The summed E-state index contributed by atoms with van der Waals surface area (Å²) in [5.74, 6) is 0. The molecule has 0 spiro atoms. The van der Waals surface area contributed by atoms with Gasteiger partial charge in [-0.25, -0.2) is 4.68 Å². The Kier molecular flexibility index (Phi) is 5.45. The molecule has 4 nitrogen and oxygen atoms in total. The van der Waals surface area contributed by atoms with E-state index >= 15 is 0 Å².